The Balaban J connectivity index is 0.000000481. The molecule has 0 radical (unpaired) electrons. The van der Waals surface area contributed by atoms with Crippen LogP contribution in [-0.4, -0.2) is 85.1 Å². The molecule has 0 bridgehead atoms. The minimum atomic E-state index is -3.54. The number of benzene rings is 2. The van der Waals surface area contributed by atoms with Gasteiger partial charge in [0, 0.05) is 51.0 Å². The fraction of sp³-hybridized carbons (Fsp3) is 0.391. The van der Waals surface area contributed by atoms with Crippen molar-refractivity contribution in [2.24, 2.45) is 0 Å². The van der Waals surface area contributed by atoms with Gasteiger partial charge in [0.05, 0.1) is 4.90 Å². The molecular formula is C23H28FN3O6S. The monoisotopic (exact) mass is 493 g/mol. The van der Waals surface area contributed by atoms with E-state index in [1.807, 2.05) is 6.07 Å². The number of sulfonamides is 1. The van der Waals surface area contributed by atoms with Crippen LogP contribution in [0.3, 0.4) is 0 Å². The van der Waals surface area contributed by atoms with E-state index in [4.69, 9.17) is 19.8 Å². The molecule has 34 heavy (non-hydrogen) atoms. The molecule has 0 saturated carbocycles. The summed E-state index contributed by atoms with van der Waals surface area (Å²) in [5.41, 5.74) is 1.27. The third kappa shape index (κ3) is 6.52. The maximum Gasteiger partial charge on any atom is 0.414 e. The van der Waals surface area contributed by atoms with Gasteiger partial charge in [-0.25, -0.2) is 22.4 Å². The molecule has 2 fully saturated rings. The summed E-state index contributed by atoms with van der Waals surface area (Å²) in [5, 5.41) is 14.8. The number of carboxylic acid groups (broad SMARTS) is 2. The lowest BCUT2D eigenvalue weighted by Crippen LogP contribution is -2.53. The molecule has 0 aromatic heterocycles. The number of hydrogen-bond acceptors (Lipinski definition) is 6. The number of piperidine rings is 1. The Morgan fingerprint density at radius 3 is 1.82 bits per heavy atom. The predicted molar refractivity (Wildman–Crippen MR) is 124 cm³/mol. The molecule has 184 valence electrons. The minimum absolute atomic E-state index is 0.170. The molecule has 0 unspecified atom stereocenters. The SMILES string of the molecule is O=C(O)C(=O)O.O=S(=O)(c1ccc(F)cc1)N1CCC(N2CCN(c3ccccc3)CC2)CC1. The van der Waals surface area contributed by atoms with Gasteiger partial charge in [-0.2, -0.15) is 4.31 Å². The Labute approximate surface area is 198 Å². The maximum atomic E-state index is 13.1. The van der Waals surface area contributed by atoms with Gasteiger partial charge < -0.3 is 15.1 Å². The first-order chi connectivity index (χ1) is 16.2. The van der Waals surface area contributed by atoms with Gasteiger partial charge in [0.25, 0.3) is 0 Å². The van der Waals surface area contributed by atoms with Crippen molar-refractivity contribution in [1.29, 1.82) is 0 Å². The second-order valence-electron chi connectivity index (χ2n) is 8.06. The summed E-state index contributed by atoms with van der Waals surface area (Å²) < 4.78 is 40.2. The summed E-state index contributed by atoms with van der Waals surface area (Å²) in [4.78, 5) is 23.3. The van der Waals surface area contributed by atoms with Crippen LogP contribution in [0.5, 0.6) is 0 Å². The van der Waals surface area contributed by atoms with E-state index in [0.29, 0.717) is 19.1 Å². The molecule has 2 N–H and O–H groups in total. The molecule has 0 atom stereocenters. The van der Waals surface area contributed by atoms with E-state index in [1.54, 1.807) is 0 Å². The van der Waals surface area contributed by atoms with Crippen LogP contribution in [0.2, 0.25) is 0 Å². The molecule has 2 aromatic rings. The molecule has 11 heteroatoms. The third-order valence-corrected chi connectivity index (χ3v) is 7.92. The number of hydrogen-bond donors (Lipinski definition) is 2. The topological polar surface area (TPSA) is 118 Å². The second-order valence-corrected chi connectivity index (χ2v) is 10.00. The van der Waals surface area contributed by atoms with E-state index in [0.717, 1.165) is 39.0 Å². The van der Waals surface area contributed by atoms with Gasteiger partial charge in [0.15, 0.2) is 0 Å². The van der Waals surface area contributed by atoms with Crippen LogP contribution in [0, 0.1) is 5.82 Å². The molecule has 2 aromatic carbocycles. The molecule has 2 heterocycles. The number of halogens is 1. The largest absolute Gasteiger partial charge is 0.473 e. The van der Waals surface area contributed by atoms with Crippen molar-refractivity contribution in [2.75, 3.05) is 44.2 Å². The molecule has 2 aliphatic heterocycles. The highest BCUT2D eigenvalue weighted by Crippen LogP contribution is 2.25. The summed E-state index contributed by atoms with van der Waals surface area (Å²) in [7, 11) is -3.54. The maximum absolute atomic E-state index is 13.1. The van der Waals surface area contributed by atoms with Crippen LogP contribution in [0.15, 0.2) is 59.5 Å². The highest BCUT2D eigenvalue weighted by Gasteiger charge is 2.32. The van der Waals surface area contributed by atoms with Gasteiger partial charge >= 0.3 is 11.9 Å². The standard InChI is InChI=1S/C21H26FN3O2S.C2H2O4/c22-18-6-8-21(9-7-18)28(26,27)25-12-10-20(11-13-25)24-16-14-23(15-17-24)19-4-2-1-3-5-19;3-1(4)2(5)6/h1-9,20H,10-17H2;(H,3,4)(H,5,6). The lowest BCUT2D eigenvalue weighted by molar-refractivity contribution is -0.159. The molecule has 4 rings (SSSR count). The Kier molecular flexibility index (Phi) is 8.59. The van der Waals surface area contributed by atoms with E-state index < -0.39 is 27.8 Å². The molecule has 2 aliphatic rings. The molecule has 2 saturated heterocycles. The van der Waals surface area contributed by atoms with E-state index in [9.17, 15) is 12.8 Å². The van der Waals surface area contributed by atoms with Crippen molar-refractivity contribution in [3.63, 3.8) is 0 Å². The zero-order valence-electron chi connectivity index (χ0n) is 18.6. The zero-order valence-corrected chi connectivity index (χ0v) is 19.4. The number of carbonyl (C=O) groups is 2. The highest BCUT2D eigenvalue weighted by atomic mass is 32.2. The van der Waals surface area contributed by atoms with Gasteiger partial charge in [0.2, 0.25) is 10.0 Å². The van der Waals surface area contributed by atoms with E-state index in [2.05, 4.69) is 34.1 Å². The first-order valence-corrected chi connectivity index (χ1v) is 12.4. The average Bonchev–Trinajstić information content (AvgIpc) is 2.85. The lowest BCUT2D eigenvalue weighted by Gasteiger charge is -2.43. The lowest BCUT2D eigenvalue weighted by atomic mass is 10.0. The van der Waals surface area contributed by atoms with E-state index in [1.165, 1.54) is 34.3 Å². The third-order valence-electron chi connectivity index (χ3n) is 6.01. The average molecular weight is 494 g/mol. The summed E-state index contributed by atoms with van der Waals surface area (Å²) in [5.74, 6) is -4.07. The Bertz CT molecular complexity index is 1050. The highest BCUT2D eigenvalue weighted by molar-refractivity contribution is 7.89. The second kappa shape index (κ2) is 11.4. The van der Waals surface area contributed by atoms with Crippen molar-refractivity contribution >= 4 is 27.6 Å². The Morgan fingerprint density at radius 2 is 1.32 bits per heavy atom. The van der Waals surface area contributed by atoms with Gasteiger partial charge in [-0.15, -0.1) is 0 Å². The van der Waals surface area contributed by atoms with E-state index in [-0.39, 0.29) is 4.90 Å². The van der Waals surface area contributed by atoms with Crippen LogP contribution in [0.4, 0.5) is 10.1 Å². The van der Waals surface area contributed by atoms with Crippen molar-refractivity contribution in [3.05, 3.63) is 60.4 Å². The summed E-state index contributed by atoms with van der Waals surface area (Å²) in [6.45, 7) is 5.04. The summed E-state index contributed by atoms with van der Waals surface area (Å²) >= 11 is 0. The minimum Gasteiger partial charge on any atom is -0.473 e. The fourth-order valence-corrected chi connectivity index (χ4v) is 5.66. The molecule has 0 amide bonds. The Morgan fingerprint density at radius 1 is 0.794 bits per heavy atom. The van der Waals surface area contributed by atoms with Crippen LogP contribution < -0.4 is 4.90 Å². The smallest absolute Gasteiger partial charge is 0.414 e. The molecular weight excluding hydrogens is 465 g/mol. The fourth-order valence-electron chi connectivity index (χ4n) is 4.19. The van der Waals surface area contributed by atoms with Gasteiger partial charge in [-0.3, -0.25) is 4.90 Å². The number of para-hydroxylation sites is 1. The van der Waals surface area contributed by atoms with Crippen LogP contribution in [0.1, 0.15) is 12.8 Å². The molecule has 0 aliphatic carbocycles. The number of nitrogens with zero attached hydrogens (tertiary/aromatic N) is 3. The van der Waals surface area contributed by atoms with Crippen LogP contribution in [-0.2, 0) is 19.6 Å². The van der Waals surface area contributed by atoms with Crippen molar-refractivity contribution in [1.82, 2.24) is 9.21 Å². The number of aliphatic carboxylic acids is 2. The number of anilines is 1. The van der Waals surface area contributed by atoms with Gasteiger partial charge in [0.1, 0.15) is 5.82 Å². The van der Waals surface area contributed by atoms with Crippen molar-refractivity contribution in [2.45, 2.75) is 23.8 Å². The Hall–Kier alpha value is -3.02. The van der Waals surface area contributed by atoms with Crippen LogP contribution in [0.25, 0.3) is 0 Å². The number of carboxylic acids is 2. The first kappa shape index (κ1) is 25.6. The normalized spacial score (nSPS) is 18.1. The quantitative estimate of drug-likeness (QED) is 0.621. The summed E-state index contributed by atoms with van der Waals surface area (Å²) in [6, 6.07) is 16.0. The van der Waals surface area contributed by atoms with Crippen LogP contribution >= 0.6 is 0 Å². The first-order valence-electron chi connectivity index (χ1n) is 10.9. The van der Waals surface area contributed by atoms with Gasteiger partial charge in [-0.05, 0) is 49.2 Å². The van der Waals surface area contributed by atoms with Gasteiger partial charge in [-0.1, -0.05) is 18.2 Å². The number of piperazine rings is 1. The van der Waals surface area contributed by atoms with Crippen molar-refractivity contribution in [3.8, 4) is 0 Å². The summed E-state index contributed by atoms with van der Waals surface area (Å²) in [6.07, 6.45) is 1.68. The van der Waals surface area contributed by atoms with E-state index >= 15 is 0 Å². The number of rotatable bonds is 4. The zero-order chi connectivity index (χ0) is 24.7. The van der Waals surface area contributed by atoms with Crippen molar-refractivity contribution < 1.29 is 32.6 Å². The molecule has 9 nitrogen and oxygen atoms in total. The predicted octanol–water partition coefficient (Wildman–Crippen LogP) is 1.96. The molecule has 0 spiro atoms.